The van der Waals surface area contributed by atoms with E-state index < -0.39 is 60.3 Å². The van der Waals surface area contributed by atoms with Crippen molar-refractivity contribution in [2.75, 3.05) is 33.7 Å². The van der Waals surface area contributed by atoms with Gasteiger partial charge in [-0.2, -0.15) is 26.3 Å². The first kappa shape index (κ1) is 34.5. The maximum absolute atomic E-state index is 13.7. The van der Waals surface area contributed by atoms with Crippen LogP contribution in [0.15, 0.2) is 87.5 Å². The number of rotatable bonds is 14. The van der Waals surface area contributed by atoms with Gasteiger partial charge in [-0.05, 0) is 93.6 Å². The molecule has 0 fully saturated rings. The SMILES string of the molecule is CCOC(C)(COc1ccc([S+](c2ccc(F)cc2)c2ccc(OCC(C)(OCOC)C(F)(F)F)cc2)cc1)C(F)(F)F. The number of ether oxygens (including phenoxy) is 5. The summed E-state index contributed by atoms with van der Waals surface area (Å²) in [5.74, 6) is -0.0902. The molecule has 0 saturated heterocycles. The van der Waals surface area contributed by atoms with Crippen LogP contribution in [0.4, 0.5) is 30.7 Å². The summed E-state index contributed by atoms with van der Waals surface area (Å²) < 4.78 is 120. The Morgan fingerprint density at radius 1 is 0.605 bits per heavy atom. The molecule has 0 spiro atoms. The first-order chi connectivity index (χ1) is 20.1. The van der Waals surface area contributed by atoms with E-state index >= 15 is 0 Å². The Hall–Kier alpha value is -3.00. The summed E-state index contributed by atoms with van der Waals surface area (Å²) in [6, 6.07) is 18.6. The molecule has 0 saturated carbocycles. The van der Waals surface area contributed by atoms with Crippen LogP contribution in [0.5, 0.6) is 11.5 Å². The predicted octanol–water partition coefficient (Wildman–Crippen LogP) is 7.98. The number of hydrogen-bond donors (Lipinski definition) is 0. The molecule has 0 bridgehead atoms. The van der Waals surface area contributed by atoms with E-state index in [4.69, 9.17) is 18.9 Å². The van der Waals surface area contributed by atoms with Gasteiger partial charge >= 0.3 is 12.4 Å². The molecule has 0 N–H and O–H groups in total. The number of benzene rings is 3. The van der Waals surface area contributed by atoms with Crippen molar-refractivity contribution < 1.29 is 54.4 Å². The molecular formula is C30H32F7O5S+. The number of alkyl halides is 6. The Bertz CT molecular complexity index is 1280. The van der Waals surface area contributed by atoms with Crippen molar-refractivity contribution >= 4 is 10.9 Å². The van der Waals surface area contributed by atoms with Crippen LogP contribution >= 0.6 is 0 Å². The molecule has 13 heteroatoms. The maximum atomic E-state index is 13.7. The second kappa shape index (κ2) is 14.2. The topological polar surface area (TPSA) is 46.2 Å². The Morgan fingerprint density at radius 3 is 1.33 bits per heavy atom. The fourth-order valence-electron chi connectivity index (χ4n) is 3.68. The molecule has 0 radical (unpaired) electrons. The Morgan fingerprint density at radius 2 is 0.977 bits per heavy atom. The van der Waals surface area contributed by atoms with E-state index in [1.807, 2.05) is 0 Å². The van der Waals surface area contributed by atoms with Gasteiger partial charge in [-0.15, -0.1) is 0 Å². The zero-order chi connectivity index (χ0) is 31.9. The van der Waals surface area contributed by atoms with Crippen LogP contribution in [0.25, 0.3) is 0 Å². The zero-order valence-electron chi connectivity index (χ0n) is 23.9. The Kier molecular flexibility index (Phi) is 11.4. The molecule has 0 aliphatic rings. The van der Waals surface area contributed by atoms with E-state index in [0.29, 0.717) is 0 Å². The molecule has 3 aromatic rings. The summed E-state index contributed by atoms with van der Waals surface area (Å²) in [4.78, 5) is 2.18. The maximum Gasteiger partial charge on any atom is 0.420 e. The largest absolute Gasteiger partial charge is 0.490 e. The van der Waals surface area contributed by atoms with Gasteiger partial charge in [0.1, 0.15) is 37.3 Å². The Balaban J connectivity index is 1.84. The van der Waals surface area contributed by atoms with Crippen molar-refractivity contribution in [3.8, 4) is 11.5 Å². The van der Waals surface area contributed by atoms with Crippen LogP contribution in [-0.4, -0.2) is 57.3 Å². The molecule has 0 aromatic heterocycles. The van der Waals surface area contributed by atoms with Crippen molar-refractivity contribution in [2.24, 2.45) is 0 Å². The fourth-order valence-corrected chi connectivity index (χ4v) is 5.72. The highest BCUT2D eigenvalue weighted by atomic mass is 32.2. The monoisotopic (exact) mass is 637 g/mol. The van der Waals surface area contributed by atoms with Crippen LogP contribution in [0.3, 0.4) is 0 Å². The third-order valence-electron chi connectivity index (χ3n) is 6.35. The van der Waals surface area contributed by atoms with E-state index in [-0.39, 0.29) is 18.1 Å². The summed E-state index contributed by atoms with van der Waals surface area (Å²) in [5.41, 5.74) is -5.10. The molecule has 0 amide bonds. The summed E-state index contributed by atoms with van der Waals surface area (Å²) in [5, 5.41) is 0. The van der Waals surface area contributed by atoms with Gasteiger partial charge in [0, 0.05) is 13.7 Å². The summed E-state index contributed by atoms with van der Waals surface area (Å²) in [7, 11) is 0.389. The molecule has 0 heterocycles. The van der Waals surface area contributed by atoms with Crippen molar-refractivity contribution in [3.63, 3.8) is 0 Å². The van der Waals surface area contributed by atoms with Gasteiger partial charge < -0.3 is 23.7 Å². The molecule has 5 nitrogen and oxygen atoms in total. The molecular weight excluding hydrogens is 605 g/mol. The van der Waals surface area contributed by atoms with Crippen molar-refractivity contribution in [3.05, 3.63) is 78.6 Å². The van der Waals surface area contributed by atoms with Crippen LogP contribution in [0, 0.1) is 5.82 Å². The molecule has 0 aliphatic carbocycles. The third-order valence-corrected chi connectivity index (χ3v) is 8.58. The third kappa shape index (κ3) is 8.78. The first-order valence-corrected chi connectivity index (χ1v) is 14.2. The normalized spacial score (nSPS) is 15.8. The van der Waals surface area contributed by atoms with Crippen molar-refractivity contribution in [1.82, 2.24) is 0 Å². The average Bonchev–Trinajstić information content (AvgIpc) is 2.95. The smallest absolute Gasteiger partial charge is 0.420 e. The highest BCUT2D eigenvalue weighted by Crippen LogP contribution is 2.37. The van der Waals surface area contributed by atoms with E-state index in [1.54, 1.807) is 36.4 Å². The molecule has 236 valence electrons. The molecule has 3 rings (SSSR count). The minimum atomic E-state index is -4.72. The fraction of sp³-hybridized carbons (Fsp3) is 0.400. The number of methoxy groups -OCH3 is 1. The highest BCUT2D eigenvalue weighted by molar-refractivity contribution is 7.97. The Labute approximate surface area is 248 Å². The summed E-state index contributed by atoms with van der Waals surface area (Å²) in [6.45, 7) is 0.952. The lowest BCUT2D eigenvalue weighted by Crippen LogP contribution is -2.50. The van der Waals surface area contributed by atoms with Crippen LogP contribution < -0.4 is 9.47 Å². The van der Waals surface area contributed by atoms with Crippen molar-refractivity contribution in [2.45, 2.75) is 59.0 Å². The average molecular weight is 638 g/mol. The van der Waals surface area contributed by atoms with Gasteiger partial charge in [0.25, 0.3) is 0 Å². The van der Waals surface area contributed by atoms with Gasteiger partial charge in [-0.1, -0.05) is 0 Å². The molecule has 3 unspecified atom stereocenters. The lowest BCUT2D eigenvalue weighted by molar-refractivity contribution is -0.296. The van der Waals surface area contributed by atoms with Crippen LogP contribution in [0.1, 0.15) is 20.8 Å². The molecule has 3 atom stereocenters. The first-order valence-electron chi connectivity index (χ1n) is 13.0. The van der Waals surface area contributed by atoms with E-state index in [1.165, 1.54) is 50.4 Å². The zero-order valence-corrected chi connectivity index (χ0v) is 24.7. The second-order valence-electron chi connectivity index (χ2n) is 9.72. The van der Waals surface area contributed by atoms with Gasteiger partial charge in [0.2, 0.25) is 0 Å². The van der Waals surface area contributed by atoms with Crippen molar-refractivity contribution in [1.29, 1.82) is 0 Å². The molecule has 43 heavy (non-hydrogen) atoms. The summed E-state index contributed by atoms with van der Waals surface area (Å²) in [6.07, 6.45) is -9.36. The second-order valence-corrected chi connectivity index (χ2v) is 11.7. The van der Waals surface area contributed by atoms with E-state index in [0.717, 1.165) is 28.5 Å². The van der Waals surface area contributed by atoms with Gasteiger partial charge in [-0.3, -0.25) is 0 Å². The van der Waals surface area contributed by atoms with E-state index in [2.05, 4.69) is 4.74 Å². The minimum Gasteiger partial charge on any atom is -0.490 e. The van der Waals surface area contributed by atoms with E-state index in [9.17, 15) is 30.7 Å². The van der Waals surface area contributed by atoms with Gasteiger partial charge in [-0.25, -0.2) is 4.39 Å². The van der Waals surface area contributed by atoms with Crippen LogP contribution in [-0.2, 0) is 25.1 Å². The van der Waals surface area contributed by atoms with Gasteiger partial charge in [0.15, 0.2) is 25.9 Å². The van der Waals surface area contributed by atoms with Crippen LogP contribution in [0.2, 0.25) is 0 Å². The number of halogens is 7. The molecule has 0 aliphatic heterocycles. The molecule has 3 aromatic carbocycles. The minimum absolute atomic E-state index is 0.147. The highest BCUT2D eigenvalue weighted by Gasteiger charge is 2.54. The quantitative estimate of drug-likeness (QED) is 0.102. The lowest BCUT2D eigenvalue weighted by Gasteiger charge is -2.31. The standard InChI is InChI=1S/C30H32F7O5S/c1-5-41-27(2,29(32,33)34)18-39-22-8-14-25(15-9-22)43(24-12-6-21(31)7-13-24)26-16-10-23(11-17-26)40-19-28(3,30(35,36)37)42-20-38-4/h6-17H,5,18-20H2,1-4H3/q+1. The van der Waals surface area contributed by atoms with Gasteiger partial charge in [0.05, 0.1) is 10.9 Å². The predicted molar refractivity (Wildman–Crippen MR) is 146 cm³/mol. The number of hydrogen-bond acceptors (Lipinski definition) is 5. The lowest BCUT2D eigenvalue weighted by atomic mass is 10.1. The summed E-state index contributed by atoms with van der Waals surface area (Å²) >= 11 is 0.